The Bertz CT molecular complexity index is 1190. The van der Waals surface area contributed by atoms with Gasteiger partial charge in [-0.1, -0.05) is 0 Å². The summed E-state index contributed by atoms with van der Waals surface area (Å²) in [5.41, 5.74) is 0.348. The van der Waals surface area contributed by atoms with Crippen LogP contribution in [0.25, 0.3) is 10.9 Å². The number of fused-ring (bicyclic) bond motifs is 1. The number of carbonyl (C=O) groups excluding carboxylic acids is 2. The molecule has 34 heavy (non-hydrogen) atoms. The van der Waals surface area contributed by atoms with Crippen LogP contribution in [0, 0.1) is 40.2 Å². The average Bonchev–Trinajstić information content (AvgIpc) is 3.69. The topological polar surface area (TPSA) is 77.3 Å². The monoisotopic (exact) mass is 466 g/mol. The molecule has 1 aromatic heterocycles. The zero-order chi connectivity index (χ0) is 24.0. The van der Waals surface area contributed by atoms with Crippen molar-refractivity contribution >= 4 is 28.3 Å². The first-order valence-electron chi connectivity index (χ1n) is 12.1. The number of piperidine rings is 2. The molecule has 0 atom stereocenters. The number of amides is 1. The third-order valence-corrected chi connectivity index (χ3v) is 7.71. The second kappa shape index (κ2) is 8.61. The van der Waals surface area contributed by atoms with Crippen molar-refractivity contribution in [2.45, 2.75) is 45.4 Å². The molecule has 1 aromatic carbocycles. The lowest BCUT2D eigenvalue weighted by Gasteiger charge is -2.38. The summed E-state index contributed by atoms with van der Waals surface area (Å²) in [6.45, 7) is 3.86. The van der Waals surface area contributed by atoms with Crippen LogP contribution in [0.1, 0.15) is 55.8 Å². The van der Waals surface area contributed by atoms with Crippen LogP contribution in [0.4, 0.5) is 14.5 Å². The smallest absolute Gasteiger partial charge is 0.257 e. The number of nitrogens with zero attached hydrogens (tertiary/aromatic N) is 4. The maximum Gasteiger partial charge on any atom is 0.257 e. The second-order valence-corrected chi connectivity index (χ2v) is 10.2. The van der Waals surface area contributed by atoms with E-state index in [0.717, 1.165) is 18.9 Å². The first-order valence-corrected chi connectivity index (χ1v) is 12.1. The van der Waals surface area contributed by atoms with Crippen LogP contribution >= 0.6 is 0 Å². The molecule has 8 heteroatoms. The fourth-order valence-corrected chi connectivity index (χ4v) is 5.28. The van der Waals surface area contributed by atoms with Gasteiger partial charge in [0.25, 0.3) is 5.91 Å². The molecule has 3 heterocycles. The number of hydrogen-bond donors (Lipinski definition) is 0. The van der Waals surface area contributed by atoms with Gasteiger partial charge in [-0.15, -0.1) is 0 Å². The molecular weight excluding hydrogens is 438 g/mol. The number of hydrogen-bond acceptors (Lipinski definition) is 5. The van der Waals surface area contributed by atoms with E-state index in [1.54, 1.807) is 4.90 Å². The van der Waals surface area contributed by atoms with Crippen LogP contribution in [0.3, 0.4) is 0 Å². The quantitative estimate of drug-likeness (QED) is 0.664. The summed E-state index contributed by atoms with van der Waals surface area (Å²) in [6, 6.07) is 4.39. The molecule has 1 amide bonds. The average molecular weight is 467 g/mol. The Kier molecular flexibility index (Phi) is 5.75. The minimum Gasteiger partial charge on any atom is -0.370 e. The van der Waals surface area contributed by atoms with Gasteiger partial charge in [-0.05, 0) is 51.5 Å². The number of rotatable bonds is 4. The van der Waals surface area contributed by atoms with Gasteiger partial charge in [-0.3, -0.25) is 14.6 Å². The summed E-state index contributed by atoms with van der Waals surface area (Å²) in [5, 5.41) is 9.77. The lowest BCUT2D eigenvalue weighted by molar-refractivity contribution is -0.125. The molecule has 5 rings (SSSR count). The number of anilines is 1. The summed E-state index contributed by atoms with van der Waals surface area (Å²) >= 11 is 0. The van der Waals surface area contributed by atoms with E-state index >= 15 is 0 Å². The summed E-state index contributed by atoms with van der Waals surface area (Å²) < 4.78 is 28.8. The Morgan fingerprint density at radius 2 is 1.71 bits per heavy atom. The van der Waals surface area contributed by atoms with Crippen LogP contribution < -0.4 is 4.90 Å². The van der Waals surface area contributed by atoms with Crippen LogP contribution in [0.15, 0.2) is 18.3 Å². The van der Waals surface area contributed by atoms with Gasteiger partial charge in [-0.2, -0.15) is 5.26 Å². The number of halogens is 2. The van der Waals surface area contributed by atoms with Crippen LogP contribution in [0.2, 0.25) is 0 Å². The summed E-state index contributed by atoms with van der Waals surface area (Å²) in [7, 11) is 0. The maximum absolute atomic E-state index is 14.6. The molecule has 178 valence electrons. The number of Topliss-reactive ketones (excluding diaryl/α,β-unsaturated/α-hetero) is 1. The number of pyridine rings is 1. The minimum absolute atomic E-state index is 0.0136. The number of likely N-dealkylation sites (tertiary alicyclic amines) is 1. The SMILES string of the molecule is CC1(C#N)CCN(c2c(C(=O)N3CCC(C(=O)C4CC4)CC3)cnc3c(F)cc(F)cc23)CC1. The van der Waals surface area contributed by atoms with E-state index in [4.69, 9.17) is 0 Å². The van der Waals surface area contributed by atoms with Gasteiger partial charge in [0.1, 0.15) is 17.1 Å². The summed E-state index contributed by atoms with van der Waals surface area (Å²) in [5.74, 6) is -1.17. The molecule has 1 saturated carbocycles. The van der Waals surface area contributed by atoms with Crippen LogP contribution in [-0.4, -0.2) is 47.8 Å². The number of aromatic nitrogens is 1. The van der Waals surface area contributed by atoms with Gasteiger partial charge in [-0.25, -0.2) is 8.78 Å². The molecule has 2 aliphatic heterocycles. The molecule has 3 fully saturated rings. The third kappa shape index (κ3) is 4.13. The van der Waals surface area contributed by atoms with Crippen molar-refractivity contribution in [1.29, 1.82) is 5.26 Å². The highest BCUT2D eigenvalue weighted by atomic mass is 19.1. The highest BCUT2D eigenvalue weighted by molar-refractivity contribution is 6.07. The van der Waals surface area contributed by atoms with Gasteiger partial charge < -0.3 is 9.80 Å². The van der Waals surface area contributed by atoms with Crippen molar-refractivity contribution in [2.24, 2.45) is 17.3 Å². The molecule has 6 nitrogen and oxygen atoms in total. The van der Waals surface area contributed by atoms with Crippen molar-refractivity contribution in [3.63, 3.8) is 0 Å². The Morgan fingerprint density at radius 1 is 1.06 bits per heavy atom. The molecule has 0 N–H and O–H groups in total. The Balaban J connectivity index is 1.47. The standard InChI is InChI=1S/C26H28F2N4O2/c1-26(15-29)6-10-31(11-7-26)23-19-12-18(27)13-21(28)22(19)30-14-20(23)25(34)32-8-4-17(5-9-32)24(33)16-2-3-16/h12-14,16-17H,2-11H2,1H3. The van der Waals surface area contributed by atoms with E-state index in [1.807, 2.05) is 11.8 Å². The summed E-state index contributed by atoms with van der Waals surface area (Å²) in [4.78, 5) is 33.9. The molecule has 0 bridgehead atoms. The Morgan fingerprint density at radius 3 is 2.32 bits per heavy atom. The van der Waals surface area contributed by atoms with E-state index in [-0.39, 0.29) is 28.6 Å². The van der Waals surface area contributed by atoms with Crippen molar-refractivity contribution in [3.8, 4) is 6.07 Å². The largest absolute Gasteiger partial charge is 0.370 e. The number of ketones is 1. The van der Waals surface area contributed by atoms with Crippen LogP contribution in [-0.2, 0) is 4.79 Å². The number of benzene rings is 1. The van der Waals surface area contributed by atoms with Gasteiger partial charge in [0, 0.05) is 55.7 Å². The predicted molar refractivity (Wildman–Crippen MR) is 123 cm³/mol. The highest BCUT2D eigenvalue weighted by Gasteiger charge is 2.38. The van der Waals surface area contributed by atoms with E-state index in [2.05, 4.69) is 11.1 Å². The van der Waals surface area contributed by atoms with E-state index < -0.39 is 17.0 Å². The van der Waals surface area contributed by atoms with Gasteiger partial charge in [0.15, 0.2) is 5.82 Å². The zero-order valence-electron chi connectivity index (χ0n) is 19.3. The molecule has 0 radical (unpaired) electrons. The lowest BCUT2D eigenvalue weighted by atomic mass is 9.81. The molecule has 2 saturated heterocycles. The first kappa shape index (κ1) is 22.7. The number of nitriles is 1. The number of carbonyl (C=O) groups is 2. The third-order valence-electron chi connectivity index (χ3n) is 7.71. The first-order chi connectivity index (χ1) is 16.3. The fraction of sp³-hybridized carbons (Fsp3) is 0.538. The fourth-order valence-electron chi connectivity index (χ4n) is 5.28. The van der Waals surface area contributed by atoms with Crippen molar-refractivity contribution < 1.29 is 18.4 Å². The predicted octanol–water partition coefficient (Wildman–Crippen LogP) is 4.47. The molecule has 2 aromatic rings. The lowest BCUT2D eigenvalue weighted by Crippen LogP contribution is -2.42. The van der Waals surface area contributed by atoms with Crippen molar-refractivity contribution in [2.75, 3.05) is 31.1 Å². The second-order valence-electron chi connectivity index (χ2n) is 10.2. The van der Waals surface area contributed by atoms with E-state index in [9.17, 15) is 23.6 Å². The zero-order valence-corrected chi connectivity index (χ0v) is 19.3. The van der Waals surface area contributed by atoms with Gasteiger partial charge in [0.05, 0.1) is 22.7 Å². The maximum atomic E-state index is 14.6. The highest BCUT2D eigenvalue weighted by Crippen LogP contribution is 2.39. The normalized spacial score (nSPS) is 20.9. The minimum atomic E-state index is -0.770. The van der Waals surface area contributed by atoms with Gasteiger partial charge in [0.2, 0.25) is 0 Å². The van der Waals surface area contributed by atoms with Crippen molar-refractivity contribution in [1.82, 2.24) is 9.88 Å². The van der Waals surface area contributed by atoms with E-state index in [0.29, 0.717) is 68.9 Å². The van der Waals surface area contributed by atoms with Crippen LogP contribution in [0.5, 0.6) is 0 Å². The molecule has 3 aliphatic rings. The molecule has 0 spiro atoms. The van der Waals surface area contributed by atoms with Gasteiger partial charge >= 0.3 is 0 Å². The Hall–Kier alpha value is -3.08. The molecule has 0 unspecified atom stereocenters. The van der Waals surface area contributed by atoms with E-state index in [1.165, 1.54) is 12.3 Å². The molecular formula is C26H28F2N4O2. The molecule has 1 aliphatic carbocycles. The summed E-state index contributed by atoms with van der Waals surface area (Å²) in [6.07, 6.45) is 5.83. The van der Waals surface area contributed by atoms with Crippen molar-refractivity contribution in [3.05, 3.63) is 35.5 Å². The Labute approximate surface area is 197 Å².